The molecule has 0 unspecified atom stereocenters. The third-order valence-corrected chi connectivity index (χ3v) is 3.60. The average Bonchev–Trinajstić information content (AvgIpc) is 2.60. The fourth-order valence-electron chi connectivity index (χ4n) is 2.41. The van der Waals surface area contributed by atoms with Gasteiger partial charge in [0.05, 0.1) is 13.2 Å². The van der Waals surface area contributed by atoms with Crippen molar-refractivity contribution in [3.8, 4) is 11.8 Å². The number of aliphatic hydroxyl groups is 2. The van der Waals surface area contributed by atoms with E-state index in [0.717, 1.165) is 0 Å². The number of nitrogens with one attached hydrogen (secondary N) is 1. The second-order valence-corrected chi connectivity index (χ2v) is 5.27. The highest BCUT2D eigenvalue weighted by atomic mass is 16.3. The SMILES string of the molecule is N#C/C(=C/N(CCO)CCO)C(=O)Nc1cccc2c(O)cccc12. The van der Waals surface area contributed by atoms with Crippen LogP contribution < -0.4 is 5.32 Å². The Morgan fingerprint density at radius 3 is 2.40 bits per heavy atom. The maximum Gasteiger partial charge on any atom is 0.267 e. The number of aliphatic hydroxyl groups excluding tert-OH is 2. The van der Waals surface area contributed by atoms with Crippen molar-refractivity contribution >= 4 is 22.4 Å². The Morgan fingerprint density at radius 2 is 1.76 bits per heavy atom. The molecule has 25 heavy (non-hydrogen) atoms. The molecule has 0 bridgehead atoms. The van der Waals surface area contributed by atoms with Gasteiger partial charge >= 0.3 is 0 Å². The van der Waals surface area contributed by atoms with Crippen LogP contribution in [0.5, 0.6) is 5.75 Å². The number of carbonyl (C=O) groups is 1. The molecule has 0 aromatic heterocycles. The van der Waals surface area contributed by atoms with Crippen molar-refractivity contribution in [1.82, 2.24) is 4.90 Å². The summed E-state index contributed by atoms with van der Waals surface area (Å²) in [5.41, 5.74) is 0.314. The molecule has 130 valence electrons. The molecule has 4 N–H and O–H groups in total. The third-order valence-electron chi connectivity index (χ3n) is 3.60. The van der Waals surface area contributed by atoms with Crippen LogP contribution in [0.3, 0.4) is 0 Å². The van der Waals surface area contributed by atoms with E-state index in [-0.39, 0.29) is 37.6 Å². The molecule has 2 aromatic rings. The maximum absolute atomic E-state index is 12.4. The van der Waals surface area contributed by atoms with Gasteiger partial charge in [-0.25, -0.2) is 0 Å². The molecule has 0 atom stereocenters. The normalized spacial score (nSPS) is 11.2. The molecule has 0 aliphatic rings. The zero-order chi connectivity index (χ0) is 18.2. The number of nitriles is 1. The summed E-state index contributed by atoms with van der Waals surface area (Å²) in [6.45, 7) is 0.0567. The molecule has 0 saturated heterocycles. The first-order chi connectivity index (χ1) is 12.1. The Hall–Kier alpha value is -3.08. The lowest BCUT2D eigenvalue weighted by Crippen LogP contribution is -2.26. The number of rotatable bonds is 7. The summed E-state index contributed by atoms with van der Waals surface area (Å²) in [7, 11) is 0. The highest BCUT2D eigenvalue weighted by Crippen LogP contribution is 2.29. The standard InChI is InChI=1S/C18H19N3O4/c19-11-13(12-21(7-9-22)8-10-23)18(25)20-16-5-1-4-15-14(16)3-2-6-17(15)24/h1-6,12,22-24H,7-10H2,(H,20,25)/b13-12-. The van der Waals surface area contributed by atoms with Crippen LogP contribution in [0.25, 0.3) is 10.8 Å². The molecule has 0 saturated carbocycles. The highest BCUT2D eigenvalue weighted by Gasteiger charge is 2.13. The number of amides is 1. The molecular formula is C18H19N3O4. The van der Waals surface area contributed by atoms with Crippen molar-refractivity contribution in [2.75, 3.05) is 31.6 Å². The molecule has 0 aliphatic carbocycles. The fourth-order valence-corrected chi connectivity index (χ4v) is 2.41. The molecule has 7 heteroatoms. The van der Waals surface area contributed by atoms with E-state index in [2.05, 4.69) is 5.32 Å². The largest absolute Gasteiger partial charge is 0.507 e. The van der Waals surface area contributed by atoms with Crippen LogP contribution in [0.4, 0.5) is 5.69 Å². The van der Waals surface area contributed by atoms with Crippen LogP contribution in [-0.2, 0) is 4.79 Å². The van der Waals surface area contributed by atoms with Crippen LogP contribution in [-0.4, -0.2) is 52.4 Å². The fraction of sp³-hybridized carbons (Fsp3) is 0.222. The first-order valence-electron chi connectivity index (χ1n) is 7.70. The lowest BCUT2D eigenvalue weighted by atomic mass is 10.1. The number of benzene rings is 2. The lowest BCUT2D eigenvalue weighted by molar-refractivity contribution is -0.112. The lowest BCUT2D eigenvalue weighted by Gasteiger charge is -2.18. The van der Waals surface area contributed by atoms with E-state index in [1.165, 1.54) is 11.1 Å². The molecule has 7 nitrogen and oxygen atoms in total. The van der Waals surface area contributed by atoms with Gasteiger partial charge in [-0.15, -0.1) is 0 Å². The summed E-state index contributed by atoms with van der Waals surface area (Å²) in [6, 6.07) is 11.9. The van der Waals surface area contributed by atoms with Crippen LogP contribution in [0, 0.1) is 11.3 Å². The molecule has 0 aliphatic heterocycles. The van der Waals surface area contributed by atoms with E-state index in [1.807, 2.05) is 6.07 Å². The van der Waals surface area contributed by atoms with Gasteiger partial charge < -0.3 is 25.5 Å². The first-order valence-corrected chi connectivity index (χ1v) is 7.70. The van der Waals surface area contributed by atoms with E-state index in [1.54, 1.807) is 36.4 Å². The van der Waals surface area contributed by atoms with Gasteiger partial charge in [-0.1, -0.05) is 24.3 Å². The number of phenolic OH excluding ortho intramolecular Hbond substituents is 1. The zero-order valence-electron chi connectivity index (χ0n) is 13.5. The Labute approximate surface area is 145 Å². The van der Waals surface area contributed by atoms with Gasteiger partial charge in [-0.05, 0) is 12.1 Å². The van der Waals surface area contributed by atoms with Crippen molar-refractivity contribution in [2.24, 2.45) is 0 Å². The van der Waals surface area contributed by atoms with Crippen molar-refractivity contribution in [3.63, 3.8) is 0 Å². The molecule has 2 aromatic carbocycles. The second-order valence-electron chi connectivity index (χ2n) is 5.27. The zero-order valence-corrected chi connectivity index (χ0v) is 13.5. The van der Waals surface area contributed by atoms with E-state index < -0.39 is 5.91 Å². The smallest absolute Gasteiger partial charge is 0.267 e. The molecule has 0 fully saturated rings. The quantitative estimate of drug-likeness (QED) is 0.444. The topological polar surface area (TPSA) is 117 Å². The number of hydrogen-bond acceptors (Lipinski definition) is 6. The Bertz CT molecular complexity index is 821. The van der Waals surface area contributed by atoms with Crippen LogP contribution >= 0.6 is 0 Å². The molecule has 2 rings (SSSR count). The second kappa shape index (κ2) is 8.68. The molecule has 1 amide bonds. The molecule has 0 spiro atoms. The first kappa shape index (κ1) is 18.3. The van der Waals surface area contributed by atoms with Gasteiger partial charge in [0.2, 0.25) is 0 Å². The predicted octanol–water partition coefficient (Wildman–Crippen LogP) is 1.18. The molecular weight excluding hydrogens is 322 g/mol. The van der Waals surface area contributed by atoms with Crippen molar-refractivity contribution in [1.29, 1.82) is 5.26 Å². The van der Waals surface area contributed by atoms with E-state index >= 15 is 0 Å². The number of phenols is 1. The molecule has 0 radical (unpaired) electrons. The van der Waals surface area contributed by atoms with Crippen LogP contribution in [0.1, 0.15) is 0 Å². The number of fused-ring (bicyclic) bond motifs is 1. The van der Waals surface area contributed by atoms with Gasteiger partial charge in [-0.3, -0.25) is 4.79 Å². The number of hydrogen-bond donors (Lipinski definition) is 4. The summed E-state index contributed by atoms with van der Waals surface area (Å²) in [6.07, 6.45) is 1.31. The van der Waals surface area contributed by atoms with Crippen molar-refractivity contribution in [3.05, 3.63) is 48.2 Å². The van der Waals surface area contributed by atoms with E-state index in [0.29, 0.717) is 16.5 Å². The minimum absolute atomic E-state index is 0.0988. The summed E-state index contributed by atoms with van der Waals surface area (Å²) >= 11 is 0. The Balaban J connectivity index is 2.28. The highest BCUT2D eigenvalue weighted by molar-refractivity contribution is 6.11. The minimum Gasteiger partial charge on any atom is -0.507 e. The van der Waals surface area contributed by atoms with Gasteiger partial charge in [0.25, 0.3) is 5.91 Å². The van der Waals surface area contributed by atoms with Gasteiger partial charge in [0.15, 0.2) is 0 Å². The number of nitrogens with zero attached hydrogens (tertiary/aromatic N) is 2. The maximum atomic E-state index is 12.4. The van der Waals surface area contributed by atoms with Crippen LogP contribution in [0.15, 0.2) is 48.2 Å². The van der Waals surface area contributed by atoms with Crippen LogP contribution in [0.2, 0.25) is 0 Å². The van der Waals surface area contributed by atoms with Crippen molar-refractivity contribution < 1.29 is 20.1 Å². The summed E-state index contributed by atoms with van der Waals surface area (Å²) in [5.74, 6) is -0.513. The van der Waals surface area contributed by atoms with E-state index in [9.17, 15) is 15.2 Å². The Kier molecular flexibility index (Phi) is 6.34. The van der Waals surface area contributed by atoms with Gasteiger partial charge in [-0.2, -0.15) is 5.26 Å². The summed E-state index contributed by atoms with van der Waals surface area (Å²) in [5, 5.41) is 41.0. The number of carbonyl (C=O) groups excluding carboxylic acids is 1. The number of anilines is 1. The monoisotopic (exact) mass is 341 g/mol. The Morgan fingerprint density at radius 1 is 1.12 bits per heavy atom. The number of aromatic hydroxyl groups is 1. The predicted molar refractivity (Wildman–Crippen MR) is 93.7 cm³/mol. The summed E-state index contributed by atoms with van der Waals surface area (Å²) in [4.78, 5) is 13.9. The summed E-state index contributed by atoms with van der Waals surface area (Å²) < 4.78 is 0. The third kappa shape index (κ3) is 4.47. The minimum atomic E-state index is -0.612. The molecule has 0 heterocycles. The van der Waals surface area contributed by atoms with Gasteiger partial charge in [0, 0.05) is 35.7 Å². The van der Waals surface area contributed by atoms with E-state index in [4.69, 9.17) is 10.2 Å². The van der Waals surface area contributed by atoms with Crippen molar-refractivity contribution in [2.45, 2.75) is 0 Å². The van der Waals surface area contributed by atoms with Gasteiger partial charge in [0.1, 0.15) is 17.4 Å². The average molecular weight is 341 g/mol.